The molecular formula is C46H67FN4O3. The number of carbonyl (C=O) groups is 1. The number of ether oxygens (including phenoxy) is 2. The number of esters is 1. The molecule has 0 spiro atoms. The lowest BCUT2D eigenvalue weighted by atomic mass is 9.77. The van der Waals surface area contributed by atoms with E-state index in [0.717, 1.165) is 95.6 Å². The first kappa shape index (κ1) is 43.2. The van der Waals surface area contributed by atoms with Crippen molar-refractivity contribution in [3.05, 3.63) is 88.8 Å². The minimum atomic E-state index is -0.771. The summed E-state index contributed by atoms with van der Waals surface area (Å²) in [5, 5.41) is 0. The standard InChI is InChI=1S/C46H67FN4O3/c1-5-7-8-11-33-14-16-35(17-15-33)37-19-21-42(43(47)27-37)41-20-18-36(24-34(41)6-2)40-25-38(12-9-22-48)44(39(26-40)13-10-23-49)53-30-46(28-50,29-51)31-54-45(52)32(3)4/h18-21,24-27,33,35H,3,5-17,22-23,28-31,48-51H2,1-2,4H3. The van der Waals surface area contributed by atoms with E-state index in [1.807, 2.05) is 6.07 Å². The van der Waals surface area contributed by atoms with Gasteiger partial charge in [-0.15, -0.1) is 0 Å². The third-order valence-corrected chi connectivity index (χ3v) is 11.4. The molecule has 7 nitrogen and oxygen atoms in total. The van der Waals surface area contributed by atoms with Gasteiger partial charge >= 0.3 is 5.97 Å². The first-order valence-corrected chi connectivity index (χ1v) is 20.5. The van der Waals surface area contributed by atoms with Crippen LogP contribution in [0.4, 0.5) is 4.39 Å². The fourth-order valence-corrected chi connectivity index (χ4v) is 7.79. The third kappa shape index (κ3) is 11.5. The maximum Gasteiger partial charge on any atom is 0.333 e. The molecule has 0 saturated heterocycles. The molecule has 54 heavy (non-hydrogen) atoms. The lowest BCUT2D eigenvalue weighted by Gasteiger charge is -2.31. The number of unbranched alkanes of at least 4 members (excludes halogenated alkanes) is 2. The van der Waals surface area contributed by atoms with Crippen LogP contribution in [0, 0.1) is 17.2 Å². The maximum atomic E-state index is 16.0. The number of rotatable bonds is 22. The van der Waals surface area contributed by atoms with Crippen LogP contribution in [0.15, 0.2) is 60.7 Å². The number of carbonyl (C=O) groups excluding carboxylic acids is 1. The van der Waals surface area contributed by atoms with E-state index in [4.69, 9.17) is 32.4 Å². The van der Waals surface area contributed by atoms with Crippen LogP contribution >= 0.6 is 0 Å². The van der Waals surface area contributed by atoms with Gasteiger partial charge in [-0.3, -0.25) is 0 Å². The molecule has 0 atom stereocenters. The molecule has 3 aromatic rings. The van der Waals surface area contributed by atoms with Crippen molar-refractivity contribution < 1.29 is 18.7 Å². The summed E-state index contributed by atoms with van der Waals surface area (Å²) in [6, 6.07) is 16.7. The minimum absolute atomic E-state index is 0.0235. The molecule has 0 aromatic heterocycles. The molecule has 4 rings (SSSR count). The lowest BCUT2D eigenvalue weighted by molar-refractivity contribution is -0.142. The molecule has 0 heterocycles. The van der Waals surface area contributed by atoms with Gasteiger partial charge in [0.05, 0.1) is 12.0 Å². The number of benzene rings is 3. The van der Waals surface area contributed by atoms with Crippen molar-refractivity contribution in [2.24, 2.45) is 34.3 Å². The molecular weight excluding hydrogens is 676 g/mol. The highest BCUT2D eigenvalue weighted by molar-refractivity contribution is 5.87. The summed E-state index contributed by atoms with van der Waals surface area (Å²) in [6.45, 7) is 11.3. The quantitative estimate of drug-likeness (QED) is 0.0459. The van der Waals surface area contributed by atoms with Gasteiger partial charge in [-0.1, -0.05) is 76.4 Å². The molecule has 296 valence electrons. The van der Waals surface area contributed by atoms with Crippen LogP contribution in [0.3, 0.4) is 0 Å². The summed E-state index contributed by atoms with van der Waals surface area (Å²) in [7, 11) is 0. The van der Waals surface area contributed by atoms with E-state index in [0.29, 0.717) is 30.1 Å². The summed E-state index contributed by atoms with van der Waals surface area (Å²) in [5.41, 5.74) is 31.9. The Labute approximate surface area is 324 Å². The summed E-state index contributed by atoms with van der Waals surface area (Å²) < 4.78 is 28.1. The number of hydrogen-bond acceptors (Lipinski definition) is 7. The second kappa shape index (κ2) is 21.5. The average Bonchev–Trinajstić information content (AvgIpc) is 3.19. The highest BCUT2D eigenvalue weighted by Crippen LogP contribution is 2.40. The predicted octanol–water partition coefficient (Wildman–Crippen LogP) is 8.76. The van der Waals surface area contributed by atoms with Crippen LogP contribution in [0.1, 0.15) is 113 Å². The van der Waals surface area contributed by atoms with Crippen LogP contribution in [0.25, 0.3) is 22.3 Å². The highest BCUT2D eigenvalue weighted by Gasteiger charge is 2.32. The molecule has 8 heteroatoms. The Balaban J connectivity index is 1.62. The summed E-state index contributed by atoms with van der Waals surface area (Å²) in [5.74, 6) is 1.42. The molecule has 0 amide bonds. The zero-order chi connectivity index (χ0) is 39.1. The molecule has 3 aromatic carbocycles. The molecule has 1 aliphatic carbocycles. The van der Waals surface area contributed by atoms with Gasteiger partial charge in [0.2, 0.25) is 0 Å². The van der Waals surface area contributed by atoms with Crippen molar-refractivity contribution in [2.75, 3.05) is 39.4 Å². The smallest absolute Gasteiger partial charge is 0.333 e. The van der Waals surface area contributed by atoms with Gasteiger partial charge in [0.25, 0.3) is 0 Å². The van der Waals surface area contributed by atoms with Crippen molar-refractivity contribution in [3.8, 4) is 28.0 Å². The largest absolute Gasteiger partial charge is 0.492 e. The summed E-state index contributed by atoms with van der Waals surface area (Å²) in [4.78, 5) is 12.2. The van der Waals surface area contributed by atoms with Gasteiger partial charge in [0.1, 0.15) is 18.2 Å². The monoisotopic (exact) mass is 743 g/mol. The summed E-state index contributed by atoms with van der Waals surface area (Å²) in [6.07, 6.45) is 13.8. The van der Waals surface area contributed by atoms with E-state index >= 15 is 4.39 Å². The molecule has 1 aliphatic rings. The first-order chi connectivity index (χ1) is 26.1. The van der Waals surface area contributed by atoms with E-state index < -0.39 is 11.4 Å². The number of hydrogen-bond donors (Lipinski definition) is 4. The molecule has 1 fully saturated rings. The van der Waals surface area contributed by atoms with Crippen molar-refractivity contribution in [3.63, 3.8) is 0 Å². The normalized spacial score (nSPS) is 16.0. The second-order valence-electron chi connectivity index (χ2n) is 15.6. The number of nitrogens with two attached hydrogens (primary N) is 4. The first-order valence-electron chi connectivity index (χ1n) is 20.5. The van der Waals surface area contributed by atoms with E-state index in [1.165, 1.54) is 38.5 Å². The van der Waals surface area contributed by atoms with Gasteiger partial charge in [0.15, 0.2) is 0 Å². The Kier molecular flexibility index (Phi) is 17.2. The van der Waals surface area contributed by atoms with Crippen LogP contribution in [-0.2, 0) is 28.8 Å². The van der Waals surface area contributed by atoms with Gasteiger partial charge in [-0.05, 0) is 147 Å². The van der Waals surface area contributed by atoms with E-state index in [2.05, 4.69) is 56.8 Å². The Morgan fingerprint density at radius 2 is 1.43 bits per heavy atom. The maximum absolute atomic E-state index is 16.0. The minimum Gasteiger partial charge on any atom is -0.492 e. The fourth-order valence-electron chi connectivity index (χ4n) is 7.79. The molecule has 1 saturated carbocycles. The van der Waals surface area contributed by atoms with Crippen LogP contribution in [0.5, 0.6) is 5.75 Å². The van der Waals surface area contributed by atoms with Gasteiger partial charge in [-0.2, -0.15) is 0 Å². The third-order valence-electron chi connectivity index (χ3n) is 11.4. The van der Waals surface area contributed by atoms with Gasteiger partial charge < -0.3 is 32.4 Å². The average molecular weight is 743 g/mol. The van der Waals surface area contributed by atoms with Crippen molar-refractivity contribution in [1.29, 1.82) is 0 Å². The summed E-state index contributed by atoms with van der Waals surface area (Å²) >= 11 is 0. The van der Waals surface area contributed by atoms with Gasteiger partial charge in [-0.25, -0.2) is 9.18 Å². The van der Waals surface area contributed by atoms with Crippen molar-refractivity contribution in [1.82, 2.24) is 0 Å². The number of aryl methyl sites for hydroxylation is 3. The Hall–Kier alpha value is -3.56. The number of halogens is 1. The van der Waals surface area contributed by atoms with E-state index in [1.54, 1.807) is 13.0 Å². The van der Waals surface area contributed by atoms with Gasteiger partial charge in [0, 0.05) is 24.2 Å². The SMILES string of the molecule is C=C(C)C(=O)OCC(CN)(CN)COc1c(CCCN)cc(-c2ccc(-c3ccc(C4CCC(CCCCC)CC4)cc3F)c(CC)c2)cc1CCCN. The Bertz CT molecular complexity index is 1630. The van der Waals surface area contributed by atoms with Crippen LogP contribution in [-0.4, -0.2) is 45.4 Å². The Morgan fingerprint density at radius 1 is 0.796 bits per heavy atom. The topological polar surface area (TPSA) is 140 Å². The highest BCUT2D eigenvalue weighted by atomic mass is 19.1. The zero-order valence-electron chi connectivity index (χ0n) is 33.3. The fraction of sp³-hybridized carbons (Fsp3) is 0.543. The van der Waals surface area contributed by atoms with Crippen molar-refractivity contribution in [2.45, 2.75) is 110 Å². The van der Waals surface area contributed by atoms with Crippen LogP contribution in [0.2, 0.25) is 0 Å². The molecule has 0 radical (unpaired) electrons. The van der Waals surface area contributed by atoms with Crippen molar-refractivity contribution >= 4 is 5.97 Å². The van der Waals surface area contributed by atoms with Crippen LogP contribution < -0.4 is 27.7 Å². The second-order valence-corrected chi connectivity index (χ2v) is 15.6. The van der Waals surface area contributed by atoms with E-state index in [9.17, 15) is 4.79 Å². The molecule has 0 bridgehead atoms. The predicted molar refractivity (Wildman–Crippen MR) is 222 cm³/mol. The molecule has 0 aliphatic heterocycles. The lowest BCUT2D eigenvalue weighted by Crippen LogP contribution is -2.47. The zero-order valence-corrected chi connectivity index (χ0v) is 33.3. The van der Waals surface area contributed by atoms with E-state index in [-0.39, 0.29) is 32.1 Å². The Morgan fingerprint density at radius 3 is 1.98 bits per heavy atom. The molecule has 8 N–H and O–H groups in total. The molecule has 0 unspecified atom stereocenters.